The van der Waals surface area contributed by atoms with E-state index in [4.69, 9.17) is 11.6 Å². The number of rotatable bonds is 3. The first-order valence-electron chi connectivity index (χ1n) is 7.56. The number of fused-ring (bicyclic) bond motifs is 3. The summed E-state index contributed by atoms with van der Waals surface area (Å²) in [5.74, 6) is -0.323. The van der Waals surface area contributed by atoms with E-state index in [0.717, 1.165) is 16.6 Å². The first-order valence-corrected chi connectivity index (χ1v) is 8.76. The molecule has 0 aliphatic carbocycles. The second kappa shape index (κ2) is 6.31. The van der Waals surface area contributed by atoms with Crippen molar-refractivity contribution in [2.75, 3.05) is 0 Å². The molecule has 124 valence electrons. The highest BCUT2D eigenvalue weighted by Gasteiger charge is 2.14. The van der Waals surface area contributed by atoms with Crippen molar-refractivity contribution < 1.29 is 4.79 Å². The number of carbonyl (C=O) groups excluding carboxylic acids is 1. The van der Waals surface area contributed by atoms with Crippen LogP contribution in [0.25, 0.3) is 16.0 Å². The second-order valence-electron chi connectivity index (χ2n) is 5.44. The van der Waals surface area contributed by atoms with E-state index in [0.29, 0.717) is 21.4 Å². The fourth-order valence-corrected chi connectivity index (χ4v) is 3.75. The van der Waals surface area contributed by atoms with Gasteiger partial charge in [-0.3, -0.25) is 14.0 Å². The van der Waals surface area contributed by atoms with Gasteiger partial charge in [0.2, 0.25) is 0 Å². The lowest BCUT2D eigenvalue weighted by molar-refractivity contribution is 0.0954. The zero-order valence-electron chi connectivity index (χ0n) is 12.9. The smallest absolute Gasteiger partial charge is 0.261 e. The molecule has 0 radical (unpaired) electrons. The Morgan fingerprint density at radius 2 is 1.92 bits per heavy atom. The molecule has 5 nitrogen and oxygen atoms in total. The van der Waals surface area contributed by atoms with Gasteiger partial charge < -0.3 is 5.32 Å². The Labute approximate surface area is 151 Å². The van der Waals surface area contributed by atoms with E-state index in [2.05, 4.69) is 10.3 Å². The average Bonchev–Trinajstić information content (AvgIpc) is 2.99. The van der Waals surface area contributed by atoms with Gasteiger partial charge in [-0.15, -0.1) is 0 Å². The normalized spacial score (nSPS) is 11.1. The number of halogens is 1. The van der Waals surface area contributed by atoms with Crippen molar-refractivity contribution in [3.8, 4) is 0 Å². The standard InChI is InChI=1S/C18H12ClN3O2S/c19-12-6-2-1-5-11(12)10-20-17(24)15-9-16(23)22-14-8-4-3-7-13(14)21-18(22)25-15/h1-9H,10H2,(H,20,24). The van der Waals surface area contributed by atoms with Gasteiger partial charge in [0.15, 0.2) is 4.96 Å². The van der Waals surface area contributed by atoms with Crippen LogP contribution in [0.2, 0.25) is 5.02 Å². The third kappa shape index (κ3) is 2.90. The first kappa shape index (κ1) is 15.8. The Morgan fingerprint density at radius 3 is 2.76 bits per heavy atom. The summed E-state index contributed by atoms with van der Waals surface area (Å²) in [5.41, 5.74) is 2.01. The summed E-state index contributed by atoms with van der Waals surface area (Å²) in [6, 6.07) is 16.0. The summed E-state index contributed by atoms with van der Waals surface area (Å²) >= 11 is 7.27. The molecule has 1 amide bonds. The van der Waals surface area contributed by atoms with Crippen molar-refractivity contribution in [2.24, 2.45) is 0 Å². The van der Waals surface area contributed by atoms with Crippen LogP contribution in [0.15, 0.2) is 59.4 Å². The van der Waals surface area contributed by atoms with Crippen LogP contribution in [-0.4, -0.2) is 15.3 Å². The topological polar surface area (TPSA) is 63.5 Å². The maximum absolute atomic E-state index is 12.4. The second-order valence-corrected chi connectivity index (χ2v) is 6.86. The van der Waals surface area contributed by atoms with Crippen molar-refractivity contribution in [1.29, 1.82) is 0 Å². The lowest BCUT2D eigenvalue weighted by Crippen LogP contribution is -2.24. The van der Waals surface area contributed by atoms with Crippen molar-refractivity contribution in [3.63, 3.8) is 0 Å². The molecule has 0 aliphatic heterocycles. The first-order chi connectivity index (χ1) is 12.1. The molecule has 0 unspecified atom stereocenters. The Hall–Kier alpha value is -2.70. The zero-order chi connectivity index (χ0) is 17.4. The fraction of sp³-hybridized carbons (Fsp3) is 0.0556. The van der Waals surface area contributed by atoms with Gasteiger partial charge in [-0.1, -0.05) is 53.3 Å². The molecule has 0 atom stereocenters. The molecule has 1 N–H and O–H groups in total. The minimum absolute atomic E-state index is 0.273. The molecular weight excluding hydrogens is 358 g/mol. The molecule has 0 saturated carbocycles. The molecular formula is C18H12ClN3O2S. The number of nitrogens with one attached hydrogen (secondary N) is 1. The van der Waals surface area contributed by atoms with Crippen molar-refractivity contribution in [1.82, 2.24) is 14.7 Å². The number of benzene rings is 2. The number of amides is 1. The lowest BCUT2D eigenvalue weighted by Gasteiger charge is -2.06. The van der Waals surface area contributed by atoms with E-state index in [1.54, 1.807) is 6.07 Å². The monoisotopic (exact) mass is 369 g/mol. The molecule has 2 heterocycles. The summed E-state index contributed by atoms with van der Waals surface area (Å²) in [7, 11) is 0. The summed E-state index contributed by atoms with van der Waals surface area (Å²) in [5, 5.41) is 3.38. The largest absolute Gasteiger partial charge is 0.347 e. The van der Waals surface area contributed by atoms with Gasteiger partial charge in [0.25, 0.3) is 11.5 Å². The van der Waals surface area contributed by atoms with E-state index in [-0.39, 0.29) is 11.5 Å². The highest BCUT2D eigenvalue weighted by molar-refractivity contribution is 7.18. The highest BCUT2D eigenvalue weighted by Crippen LogP contribution is 2.20. The zero-order valence-corrected chi connectivity index (χ0v) is 14.5. The number of imidazole rings is 1. The van der Waals surface area contributed by atoms with E-state index < -0.39 is 0 Å². The van der Waals surface area contributed by atoms with Crippen LogP contribution < -0.4 is 10.9 Å². The maximum Gasteiger partial charge on any atom is 0.261 e. The fourth-order valence-electron chi connectivity index (χ4n) is 2.61. The maximum atomic E-state index is 12.4. The van der Waals surface area contributed by atoms with Gasteiger partial charge >= 0.3 is 0 Å². The van der Waals surface area contributed by atoms with Crippen molar-refractivity contribution in [3.05, 3.63) is 80.4 Å². The third-order valence-electron chi connectivity index (χ3n) is 3.83. The minimum Gasteiger partial charge on any atom is -0.347 e. The molecule has 4 aromatic rings. The van der Waals surface area contributed by atoms with E-state index in [1.807, 2.05) is 42.5 Å². The van der Waals surface area contributed by atoms with Crippen LogP contribution >= 0.6 is 22.9 Å². The number of carbonyl (C=O) groups is 1. The quantitative estimate of drug-likeness (QED) is 0.601. The Bertz CT molecular complexity index is 1170. The highest BCUT2D eigenvalue weighted by atomic mass is 35.5. The van der Waals surface area contributed by atoms with Gasteiger partial charge in [-0.25, -0.2) is 4.98 Å². The summed E-state index contributed by atoms with van der Waals surface area (Å²) in [6.07, 6.45) is 0. The molecule has 0 fully saturated rings. The van der Waals surface area contributed by atoms with Crippen molar-refractivity contribution in [2.45, 2.75) is 6.54 Å². The molecule has 4 rings (SSSR count). The predicted molar refractivity (Wildman–Crippen MR) is 99.5 cm³/mol. The van der Waals surface area contributed by atoms with Gasteiger partial charge in [0, 0.05) is 17.6 Å². The summed E-state index contributed by atoms with van der Waals surface area (Å²) in [6.45, 7) is 0.293. The summed E-state index contributed by atoms with van der Waals surface area (Å²) < 4.78 is 1.52. The van der Waals surface area contributed by atoms with Gasteiger partial charge in [0.05, 0.1) is 11.0 Å². The van der Waals surface area contributed by atoms with Crippen LogP contribution in [0.4, 0.5) is 0 Å². The Balaban J connectivity index is 1.67. The Morgan fingerprint density at radius 1 is 1.16 bits per heavy atom. The molecule has 0 bridgehead atoms. The molecule has 2 aromatic heterocycles. The SMILES string of the molecule is O=C(NCc1ccccc1Cl)c1cc(=O)n2c(nc3ccccc32)s1. The predicted octanol–water partition coefficient (Wildman–Crippen LogP) is 3.49. The average molecular weight is 370 g/mol. The van der Waals surface area contributed by atoms with E-state index >= 15 is 0 Å². The molecule has 0 spiro atoms. The number of hydrogen-bond donors (Lipinski definition) is 1. The minimum atomic E-state index is -0.323. The third-order valence-corrected chi connectivity index (χ3v) is 5.18. The van der Waals surface area contributed by atoms with Gasteiger partial charge in [-0.2, -0.15) is 0 Å². The summed E-state index contributed by atoms with van der Waals surface area (Å²) in [4.78, 5) is 30.1. The van der Waals surface area contributed by atoms with Crippen LogP contribution in [0.1, 0.15) is 15.2 Å². The number of para-hydroxylation sites is 2. The molecule has 25 heavy (non-hydrogen) atoms. The van der Waals surface area contributed by atoms with Crippen LogP contribution in [-0.2, 0) is 6.54 Å². The van der Waals surface area contributed by atoms with E-state index in [9.17, 15) is 9.59 Å². The van der Waals surface area contributed by atoms with Crippen LogP contribution in [0, 0.1) is 0 Å². The van der Waals surface area contributed by atoms with Gasteiger partial charge in [-0.05, 0) is 23.8 Å². The molecule has 7 heteroatoms. The number of nitrogens with zero attached hydrogens (tertiary/aromatic N) is 2. The van der Waals surface area contributed by atoms with Gasteiger partial charge in [0.1, 0.15) is 4.88 Å². The van der Waals surface area contributed by atoms with Crippen LogP contribution in [0.5, 0.6) is 0 Å². The lowest BCUT2D eigenvalue weighted by atomic mass is 10.2. The molecule has 0 aliphatic rings. The molecule has 0 saturated heterocycles. The van der Waals surface area contributed by atoms with E-state index in [1.165, 1.54) is 21.8 Å². The Kier molecular flexibility index (Phi) is 3.99. The molecule has 2 aromatic carbocycles. The number of hydrogen-bond acceptors (Lipinski definition) is 4. The van der Waals surface area contributed by atoms with Crippen LogP contribution in [0.3, 0.4) is 0 Å². The number of aromatic nitrogens is 2. The van der Waals surface area contributed by atoms with Crippen molar-refractivity contribution >= 4 is 44.8 Å².